The molecule has 1 aromatic carbocycles. The first-order chi connectivity index (χ1) is 10.5. The van der Waals surface area contributed by atoms with E-state index in [1.54, 1.807) is 18.2 Å². The van der Waals surface area contributed by atoms with Crippen molar-refractivity contribution in [2.75, 3.05) is 7.11 Å². The lowest BCUT2D eigenvalue weighted by atomic mass is 10.2. The van der Waals surface area contributed by atoms with Gasteiger partial charge in [-0.25, -0.2) is 4.79 Å². The average molecular weight is 303 g/mol. The SMILES string of the molecule is COC(=O)C[n+]1c(O)c(C(=O)F)n2ccc3ccccc3c21. The molecule has 3 aromatic rings. The van der Waals surface area contributed by atoms with Gasteiger partial charge in [0, 0.05) is 0 Å². The number of hydrogen-bond donors (Lipinski definition) is 1. The second-order valence-electron chi connectivity index (χ2n) is 4.70. The molecule has 0 unspecified atom stereocenters. The van der Waals surface area contributed by atoms with Crippen molar-refractivity contribution in [1.29, 1.82) is 0 Å². The summed E-state index contributed by atoms with van der Waals surface area (Å²) in [6.07, 6.45) is 1.47. The number of esters is 1. The molecule has 0 fully saturated rings. The van der Waals surface area contributed by atoms with E-state index in [0.29, 0.717) is 11.0 Å². The molecule has 0 radical (unpaired) electrons. The predicted molar refractivity (Wildman–Crippen MR) is 74.2 cm³/mol. The second kappa shape index (κ2) is 5.10. The molecule has 0 amide bonds. The summed E-state index contributed by atoms with van der Waals surface area (Å²) in [5.74, 6) is -1.24. The number of methoxy groups -OCH3 is 1. The summed E-state index contributed by atoms with van der Waals surface area (Å²) in [6, 6.07) is 7.09. The number of fused-ring (bicyclic) bond motifs is 3. The molecular formula is C15H12FN2O4+. The first kappa shape index (κ1) is 14.0. The van der Waals surface area contributed by atoms with Gasteiger partial charge < -0.3 is 9.84 Å². The minimum absolute atomic E-state index is 0.335. The van der Waals surface area contributed by atoms with E-state index in [1.807, 2.05) is 12.1 Å². The molecule has 0 aliphatic rings. The fourth-order valence-corrected chi connectivity index (χ4v) is 2.52. The summed E-state index contributed by atoms with van der Waals surface area (Å²) in [4.78, 5) is 22.8. The number of halogens is 1. The number of ether oxygens (including phenoxy) is 1. The number of benzene rings is 1. The van der Waals surface area contributed by atoms with Crippen LogP contribution in [0.4, 0.5) is 4.39 Å². The highest BCUT2D eigenvalue weighted by Gasteiger charge is 2.33. The van der Waals surface area contributed by atoms with Crippen LogP contribution in [-0.4, -0.2) is 28.6 Å². The van der Waals surface area contributed by atoms with Crippen LogP contribution in [0.3, 0.4) is 0 Å². The number of aromatic nitrogens is 2. The maximum Gasteiger partial charge on any atom is 0.379 e. The van der Waals surface area contributed by atoms with Crippen molar-refractivity contribution in [2.24, 2.45) is 0 Å². The molecule has 22 heavy (non-hydrogen) atoms. The first-order valence-electron chi connectivity index (χ1n) is 6.45. The molecule has 0 bridgehead atoms. The van der Waals surface area contributed by atoms with Gasteiger partial charge in [0.2, 0.25) is 0 Å². The van der Waals surface area contributed by atoms with Gasteiger partial charge in [0.15, 0.2) is 6.54 Å². The summed E-state index contributed by atoms with van der Waals surface area (Å²) < 4.78 is 20.3. The number of imidazole rings is 1. The van der Waals surface area contributed by atoms with Crippen LogP contribution in [0, 0.1) is 0 Å². The van der Waals surface area contributed by atoms with Crippen molar-refractivity contribution in [2.45, 2.75) is 6.54 Å². The Morgan fingerprint density at radius 3 is 2.73 bits per heavy atom. The number of nitrogens with zero attached hydrogens (tertiary/aromatic N) is 2. The van der Waals surface area contributed by atoms with E-state index in [-0.39, 0.29) is 6.54 Å². The maximum absolute atomic E-state index is 13.3. The number of aromatic hydroxyl groups is 1. The van der Waals surface area contributed by atoms with Crippen LogP contribution in [0.15, 0.2) is 36.5 Å². The predicted octanol–water partition coefficient (Wildman–Crippen LogP) is 1.37. The van der Waals surface area contributed by atoms with E-state index in [9.17, 15) is 19.1 Å². The molecule has 3 rings (SSSR count). The minimum Gasteiger partial charge on any atom is -0.474 e. The van der Waals surface area contributed by atoms with Crippen LogP contribution in [-0.2, 0) is 16.1 Å². The third kappa shape index (κ3) is 1.98. The highest BCUT2D eigenvalue weighted by molar-refractivity contribution is 5.96. The van der Waals surface area contributed by atoms with Crippen LogP contribution in [0.25, 0.3) is 16.4 Å². The molecular weight excluding hydrogens is 291 g/mol. The van der Waals surface area contributed by atoms with E-state index in [2.05, 4.69) is 4.74 Å². The summed E-state index contributed by atoms with van der Waals surface area (Å²) in [6.45, 7) is -0.340. The Labute approximate surface area is 124 Å². The third-order valence-corrected chi connectivity index (χ3v) is 3.50. The highest BCUT2D eigenvalue weighted by Crippen LogP contribution is 2.24. The average Bonchev–Trinajstić information content (AvgIpc) is 2.79. The Morgan fingerprint density at radius 1 is 1.32 bits per heavy atom. The van der Waals surface area contributed by atoms with Gasteiger partial charge in [-0.2, -0.15) is 13.4 Å². The third-order valence-electron chi connectivity index (χ3n) is 3.50. The number of pyridine rings is 1. The maximum atomic E-state index is 13.3. The monoisotopic (exact) mass is 303 g/mol. The quantitative estimate of drug-likeness (QED) is 0.450. The van der Waals surface area contributed by atoms with Crippen molar-refractivity contribution in [3.8, 4) is 5.88 Å². The van der Waals surface area contributed by atoms with Gasteiger partial charge in [-0.05, 0) is 17.5 Å². The lowest BCUT2D eigenvalue weighted by Crippen LogP contribution is -2.38. The standard InChI is InChI=1S/C15H11FN2O4/c1-22-11(19)8-18-14-10-5-3-2-4-9(10)6-7-17(14)12(13(16)20)15(18)21/h2-7H,8H2,1H3/p+1. The second-order valence-corrected chi connectivity index (χ2v) is 4.70. The molecule has 0 atom stereocenters. The van der Waals surface area contributed by atoms with Crippen molar-refractivity contribution >= 4 is 28.4 Å². The summed E-state index contributed by atoms with van der Waals surface area (Å²) in [5.41, 5.74) is -0.188. The fourth-order valence-electron chi connectivity index (χ4n) is 2.52. The topological polar surface area (TPSA) is 71.9 Å². The van der Waals surface area contributed by atoms with Gasteiger partial charge in [0.05, 0.1) is 18.7 Å². The molecule has 6 nitrogen and oxygen atoms in total. The van der Waals surface area contributed by atoms with Gasteiger partial charge in [-0.3, -0.25) is 4.79 Å². The summed E-state index contributed by atoms with van der Waals surface area (Å²) in [5, 5.41) is 11.6. The summed E-state index contributed by atoms with van der Waals surface area (Å²) >= 11 is 0. The Morgan fingerprint density at radius 2 is 2.05 bits per heavy atom. The number of carbonyl (C=O) groups excluding carboxylic acids is 2. The van der Waals surface area contributed by atoms with Crippen molar-refractivity contribution in [3.05, 3.63) is 42.2 Å². The van der Waals surface area contributed by atoms with Gasteiger partial charge in [-0.15, -0.1) is 0 Å². The van der Waals surface area contributed by atoms with Crippen LogP contribution in [0.1, 0.15) is 10.5 Å². The molecule has 0 saturated heterocycles. The molecule has 112 valence electrons. The highest BCUT2D eigenvalue weighted by atomic mass is 19.1. The molecule has 2 aromatic heterocycles. The number of hydrogen-bond acceptors (Lipinski definition) is 4. The Balaban J connectivity index is 2.45. The molecule has 1 N–H and O–H groups in total. The largest absolute Gasteiger partial charge is 0.474 e. The van der Waals surface area contributed by atoms with E-state index in [4.69, 9.17) is 0 Å². The van der Waals surface area contributed by atoms with E-state index in [1.165, 1.54) is 17.7 Å². The van der Waals surface area contributed by atoms with Crippen molar-refractivity contribution in [1.82, 2.24) is 4.40 Å². The lowest BCUT2D eigenvalue weighted by Gasteiger charge is -2.00. The Kier molecular flexibility index (Phi) is 3.25. The molecule has 0 saturated carbocycles. The zero-order chi connectivity index (χ0) is 15.9. The van der Waals surface area contributed by atoms with Crippen molar-refractivity contribution < 1.29 is 28.4 Å². The van der Waals surface area contributed by atoms with E-state index in [0.717, 1.165) is 9.95 Å². The lowest BCUT2D eigenvalue weighted by molar-refractivity contribution is -0.665. The molecule has 0 aliphatic heterocycles. The zero-order valence-electron chi connectivity index (χ0n) is 11.6. The molecule has 0 aliphatic carbocycles. The summed E-state index contributed by atoms with van der Waals surface area (Å²) in [7, 11) is 1.21. The minimum atomic E-state index is -1.79. The first-order valence-corrected chi connectivity index (χ1v) is 6.45. The Hall–Kier alpha value is -2.96. The van der Waals surface area contributed by atoms with E-state index >= 15 is 0 Å². The number of rotatable bonds is 3. The van der Waals surface area contributed by atoms with Crippen LogP contribution in [0.5, 0.6) is 5.88 Å². The van der Waals surface area contributed by atoms with Crippen LogP contribution in [0.2, 0.25) is 0 Å². The normalized spacial score (nSPS) is 11.0. The molecule has 2 heterocycles. The van der Waals surface area contributed by atoms with Gasteiger partial charge in [0.25, 0.3) is 11.3 Å². The fraction of sp³-hybridized carbons (Fsp3) is 0.133. The van der Waals surface area contributed by atoms with Gasteiger partial charge in [-0.1, -0.05) is 18.2 Å². The smallest absolute Gasteiger partial charge is 0.379 e. The van der Waals surface area contributed by atoms with Crippen LogP contribution >= 0.6 is 0 Å². The van der Waals surface area contributed by atoms with Crippen molar-refractivity contribution in [3.63, 3.8) is 0 Å². The van der Waals surface area contributed by atoms with Crippen LogP contribution < -0.4 is 4.57 Å². The molecule has 0 spiro atoms. The molecule has 7 heteroatoms. The van der Waals surface area contributed by atoms with Gasteiger partial charge in [0.1, 0.15) is 0 Å². The van der Waals surface area contributed by atoms with Gasteiger partial charge >= 0.3 is 17.9 Å². The van der Waals surface area contributed by atoms with E-state index < -0.39 is 23.6 Å². The Bertz CT molecular complexity index is 917. The zero-order valence-corrected chi connectivity index (χ0v) is 11.6. The number of carbonyl (C=O) groups is 2.